The van der Waals surface area contributed by atoms with Gasteiger partial charge in [-0.3, -0.25) is 4.79 Å². The number of hydrogen-bond donors (Lipinski definition) is 2. The quantitative estimate of drug-likeness (QED) is 0.846. The van der Waals surface area contributed by atoms with E-state index in [1.54, 1.807) is 7.11 Å². The zero-order valence-corrected chi connectivity index (χ0v) is 12.5. The third kappa shape index (κ3) is 4.20. The molecule has 1 heterocycles. The van der Waals surface area contributed by atoms with Crippen molar-refractivity contribution in [1.29, 1.82) is 0 Å². The molecule has 1 aliphatic heterocycles. The largest absolute Gasteiger partial charge is 0.385 e. The Kier molecular flexibility index (Phi) is 5.83. The summed E-state index contributed by atoms with van der Waals surface area (Å²) in [5.74, 6) is 0.193. The molecule has 1 saturated heterocycles. The Morgan fingerprint density at radius 2 is 2.25 bits per heavy atom. The van der Waals surface area contributed by atoms with E-state index in [0.29, 0.717) is 11.6 Å². The van der Waals surface area contributed by atoms with Gasteiger partial charge in [-0.1, -0.05) is 23.7 Å². The normalized spacial score (nSPS) is 19.8. The molecule has 0 aromatic heterocycles. The van der Waals surface area contributed by atoms with Crippen LogP contribution in [0.3, 0.4) is 0 Å². The maximum Gasteiger partial charge on any atom is 0.224 e. The third-order valence-corrected chi connectivity index (χ3v) is 3.88. The fourth-order valence-corrected chi connectivity index (χ4v) is 2.55. The van der Waals surface area contributed by atoms with E-state index in [1.807, 2.05) is 24.3 Å². The maximum absolute atomic E-state index is 12.2. The van der Waals surface area contributed by atoms with Crippen LogP contribution in [-0.2, 0) is 9.53 Å². The molecule has 2 rings (SSSR count). The van der Waals surface area contributed by atoms with Gasteiger partial charge in [0.05, 0.1) is 12.0 Å². The minimum absolute atomic E-state index is 0.0275. The number of halogens is 1. The number of hydrogen-bond acceptors (Lipinski definition) is 3. The molecule has 5 heteroatoms. The molecule has 0 aliphatic carbocycles. The second-order valence-corrected chi connectivity index (χ2v) is 5.52. The molecule has 0 spiro atoms. The van der Waals surface area contributed by atoms with Crippen molar-refractivity contribution in [2.75, 3.05) is 26.8 Å². The van der Waals surface area contributed by atoms with Crippen LogP contribution in [0.2, 0.25) is 5.02 Å². The van der Waals surface area contributed by atoms with Gasteiger partial charge in [0, 0.05) is 25.3 Å². The van der Waals surface area contributed by atoms with Crippen LogP contribution in [0.4, 0.5) is 0 Å². The lowest BCUT2D eigenvalue weighted by molar-refractivity contribution is -0.125. The molecule has 0 bridgehead atoms. The van der Waals surface area contributed by atoms with E-state index in [0.717, 1.165) is 31.5 Å². The predicted octanol–water partition coefficient (Wildman–Crippen LogP) is 2.14. The van der Waals surface area contributed by atoms with Crippen LogP contribution in [-0.4, -0.2) is 32.7 Å². The number of rotatable bonds is 6. The lowest BCUT2D eigenvalue weighted by Gasteiger charge is -2.21. The van der Waals surface area contributed by atoms with Crippen molar-refractivity contribution in [2.45, 2.75) is 18.9 Å². The highest BCUT2D eigenvalue weighted by Crippen LogP contribution is 2.21. The first kappa shape index (κ1) is 15.3. The van der Waals surface area contributed by atoms with Gasteiger partial charge < -0.3 is 15.4 Å². The van der Waals surface area contributed by atoms with Crippen LogP contribution < -0.4 is 10.6 Å². The first-order valence-electron chi connectivity index (χ1n) is 6.96. The van der Waals surface area contributed by atoms with Crippen LogP contribution in [0, 0.1) is 5.92 Å². The average molecular weight is 297 g/mol. The Balaban J connectivity index is 2.02. The lowest BCUT2D eigenvalue weighted by atomic mass is 10.0. The number of carbonyl (C=O) groups is 1. The van der Waals surface area contributed by atoms with Gasteiger partial charge in [0.25, 0.3) is 0 Å². The number of methoxy groups -OCH3 is 1. The van der Waals surface area contributed by atoms with Crippen molar-refractivity contribution in [3.05, 3.63) is 34.9 Å². The molecule has 1 aliphatic rings. The summed E-state index contributed by atoms with van der Waals surface area (Å²) in [6.45, 7) is 2.29. The molecule has 1 aromatic rings. The highest BCUT2D eigenvalue weighted by molar-refractivity contribution is 6.30. The van der Waals surface area contributed by atoms with Gasteiger partial charge in [0.2, 0.25) is 5.91 Å². The van der Waals surface area contributed by atoms with Gasteiger partial charge in [-0.2, -0.15) is 0 Å². The van der Waals surface area contributed by atoms with Crippen LogP contribution in [0.5, 0.6) is 0 Å². The molecular weight excluding hydrogens is 276 g/mol. The van der Waals surface area contributed by atoms with Gasteiger partial charge in [-0.15, -0.1) is 0 Å². The third-order valence-electron chi connectivity index (χ3n) is 3.63. The maximum atomic E-state index is 12.2. The SMILES string of the molecule is COCC[C@H](NC(=O)[C@@H]1CCNC1)c1ccc(Cl)cc1. The van der Waals surface area contributed by atoms with E-state index in [9.17, 15) is 4.79 Å². The molecule has 1 aromatic carbocycles. The molecule has 0 radical (unpaired) electrons. The van der Waals surface area contributed by atoms with E-state index < -0.39 is 0 Å². The fraction of sp³-hybridized carbons (Fsp3) is 0.533. The summed E-state index contributed by atoms with van der Waals surface area (Å²) in [7, 11) is 1.67. The lowest BCUT2D eigenvalue weighted by Crippen LogP contribution is -2.35. The number of ether oxygens (including phenoxy) is 1. The van der Waals surface area contributed by atoms with Crippen molar-refractivity contribution < 1.29 is 9.53 Å². The minimum Gasteiger partial charge on any atom is -0.385 e. The molecule has 0 unspecified atom stereocenters. The standard InChI is InChI=1S/C15H21ClN2O2/c1-20-9-7-14(11-2-4-13(16)5-3-11)18-15(19)12-6-8-17-10-12/h2-5,12,14,17H,6-10H2,1H3,(H,18,19)/t12-,14+/m1/s1. The summed E-state index contributed by atoms with van der Waals surface area (Å²) in [5, 5.41) is 7.04. The van der Waals surface area contributed by atoms with Gasteiger partial charge in [-0.25, -0.2) is 0 Å². The molecular formula is C15H21ClN2O2. The number of nitrogens with one attached hydrogen (secondary N) is 2. The first-order valence-corrected chi connectivity index (χ1v) is 7.34. The minimum atomic E-state index is -0.0275. The Morgan fingerprint density at radius 1 is 1.50 bits per heavy atom. The van der Waals surface area contributed by atoms with Gasteiger partial charge in [-0.05, 0) is 37.1 Å². The zero-order chi connectivity index (χ0) is 14.4. The van der Waals surface area contributed by atoms with Crippen molar-refractivity contribution >= 4 is 17.5 Å². The van der Waals surface area contributed by atoms with E-state index in [4.69, 9.17) is 16.3 Å². The highest BCUT2D eigenvalue weighted by Gasteiger charge is 2.24. The van der Waals surface area contributed by atoms with Crippen LogP contribution in [0.1, 0.15) is 24.4 Å². The molecule has 1 amide bonds. The summed E-state index contributed by atoms with van der Waals surface area (Å²) >= 11 is 5.91. The summed E-state index contributed by atoms with van der Waals surface area (Å²) < 4.78 is 5.13. The van der Waals surface area contributed by atoms with Crippen LogP contribution in [0.15, 0.2) is 24.3 Å². The molecule has 0 saturated carbocycles. The van der Waals surface area contributed by atoms with Crippen molar-refractivity contribution in [1.82, 2.24) is 10.6 Å². The van der Waals surface area contributed by atoms with Crippen LogP contribution in [0.25, 0.3) is 0 Å². The highest BCUT2D eigenvalue weighted by atomic mass is 35.5. The van der Waals surface area contributed by atoms with Gasteiger partial charge in [0.15, 0.2) is 0 Å². The Bertz CT molecular complexity index is 430. The number of carbonyl (C=O) groups excluding carboxylic acids is 1. The van der Waals surface area contributed by atoms with Crippen molar-refractivity contribution in [2.24, 2.45) is 5.92 Å². The second kappa shape index (κ2) is 7.62. The van der Waals surface area contributed by atoms with E-state index in [1.165, 1.54) is 0 Å². The number of benzene rings is 1. The topological polar surface area (TPSA) is 50.4 Å². The monoisotopic (exact) mass is 296 g/mol. The Labute approximate surface area is 124 Å². The van der Waals surface area contributed by atoms with Crippen molar-refractivity contribution in [3.8, 4) is 0 Å². The van der Waals surface area contributed by atoms with Crippen molar-refractivity contribution in [3.63, 3.8) is 0 Å². The molecule has 2 N–H and O–H groups in total. The predicted molar refractivity (Wildman–Crippen MR) is 79.8 cm³/mol. The van der Waals surface area contributed by atoms with Crippen LogP contribution >= 0.6 is 11.6 Å². The summed E-state index contributed by atoms with van der Waals surface area (Å²) in [6, 6.07) is 7.58. The molecule has 2 atom stereocenters. The number of amides is 1. The summed E-state index contributed by atoms with van der Waals surface area (Å²) in [6.07, 6.45) is 1.66. The van der Waals surface area contributed by atoms with Gasteiger partial charge in [0.1, 0.15) is 0 Å². The summed E-state index contributed by atoms with van der Waals surface area (Å²) in [4.78, 5) is 12.2. The first-order chi connectivity index (χ1) is 9.70. The Hall–Kier alpha value is -1.10. The molecule has 110 valence electrons. The zero-order valence-electron chi connectivity index (χ0n) is 11.7. The van der Waals surface area contributed by atoms with E-state index in [-0.39, 0.29) is 17.9 Å². The summed E-state index contributed by atoms with van der Waals surface area (Å²) in [5.41, 5.74) is 1.06. The molecule has 20 heavy (non-hydrogen) atoms. The van der Waals surface area contributed by atoms with E-state index >= 15 is 0 Å². The van der Waals surface area contributed by atoms with E-state index in [2.05, 4.69) is 10.6 Å². The Morgan fingerprint density at radius 3 is 2.85 bits per heavy atom. The molecule has 4 nitrogen and oxygen atoms in total. The average Bonchev–Trinajstić information content (AvgIpc) is 2.98. The molecule has 1 fully saturated rings. The fourth-order valence-electron chi connectivity index (χ4n) is 2.42. The van der Waals surface area contributed by atoms with Gasteiger partial charge >= 0.3 is 0 Å². The smallest absolute Gasteiger partial charge is 0.224 e. The second-order valence-electron chi connectivity index (χ2n) is 5.08.